The van der Waals surface area contributed by atoms with Crippen LogP contribution in [-0.2, 0) is 0 Å². The normalized spacial score (nSPS) is 13.8. The summed E-state index contributed by atoms with van der Waals surface area (Å²) in [6, 6.07) is 11.6. The van der Waals surface area contributed by atoms with Gasteiger partial charge in [-0.25, -0.2) is 24.1 Å². The fourth-order valence-electron chi connectivity index (χ4n) is 3.22. The summed E-state index contributed by atoms with van der Waals surface area (Å²) < 4.78 is 13.8. The van der Waals surface area contributed by atoms with Gasteiger partial charge in [0.15, 0.2) is 0 Å². The Labute approximate surface area is 173 Å². The molecule has 2 N–H and O–H groups in total. The molecule has 1 aliphatic rings. The van der Waals surface area contributed by atoms with Gasteiger partial charge in [-0.2, -0.15) is 0 Å². The van der Waals surface area contributed by atoms with Gasteiger partial charge < -0.3 is 20.4 Å². The van der Waals surface area contributed by atoms with Crippen molar-refractivity contribution in [3.05, 3.63) is 66.4 Å². The summed E-state index contributed by atoms with van der Waals surface area (Å²) in [6.07, 6.45) is 3.25. The Morgan fingerprint density at radius 2 is 1.77 bits per heavy atom. The molecule has 0 unspecified atom stereocenters. The number of carbonyl (C=O) groups excluding carboxylic acids is 1. The minimum absolute atomic E-state index is 0.182. The first kappa shape index (κ1) is 19.6. The van der Waals surface area contributed by atoms with Crippen LogP contribution in [0.1, 0.15) is 5.56 Å². The molecule has 0 aliphatic carbocycles. The smallest absolute Gasteiger partial charge is 0.322 e. The summed E-state index contributed by atoms with van der Waals surface area (Å²) in [7, 11) is 0. The first-order valence-corrected chi connectivity index (χ1v) is 9.65. The molecule has 8 nitrogen and oxygen atoms in total. The van der Waals surface area contributed by atoms with Gasteiger partial charge >= 0.3 is 6.03 Å². The molecule has 1 aliphatic heterocycles. The predicted molar refractivity (Wildman–Crippen MR) is 113 cm³/mol. The lowest BCUT2D eigenvalue weighted by molar-refractivity contribution is 0.208. The molecule has 0 saturated carbocycles. The van der Waals surface area contributed by atoms with Gasteiger partial charge in [0, 0.05) is 38.4 Å². The average Bonchev–Trinajstić information content (AvgIpc) is 2.76. The number of urea groups is 1. The molecule has 1 saturated heterocycles. The van der Waals surface area contributed by atoms with Crippen LogP contribution in [0.15, 0.2) is 55.0 Å². The molecule has 0 spiro atoms. The lowest BCUT2D eigenvalue weighted by Gasteiger charge is -2.35. The first-order chi connectivity index (χ1) is 14.6. The Morgan fingerprint density at radius 3 is 2.53 bits per heavy atom. The number of amides is 2. The Hall–Kier alpha value is -3.75. The predicted octanol–water partition coefficient (Wildman–Crippen LogP) is 3.42. The van der Waals surface area contributed by atoms with Crippen molar-refractivity contribution in [2.24, 2.45) is 0 Å². The van der Waals surface area contributed by atoms with Gasteiger partial charge in [-0.05, 0) is 36.8 Å². The van der Waals surface area contributed by atoms with E-state index in [9.17, 15) is 9.18 Å². The van der Waals surface area contributed by atoms with E-state index >= 15 is 0 Å². The van der Waals surface area contributed by atoms with Crippen LogP contribution in [0.3, 0.4) is 0 Å². The highest BCUT2D eigenvalue weighted by atomic mass is 19.1. The van der Waals surface area contributed by atoms with Gasteiger partial charge in [-0.1, -0.05) is 12.1 Å². The molecule has 30 heavy (non-hydrogen) atoms. The fourth-order valence-corrected chi connectivity index (χ4v) is 3.22. The topological polar surface area (TPSA) is 86.3 Å². The highest BCUT2D eigenvalue weighted by Crippen LogP contribution is 2.20. The average molecular weight is 407 g/mol. The standard InChI is InChI=1S/C21H22FN7O/c1-15-6-7-23-18(12-15)27-19-13-20(25-14-24-19)28-8-10-29(11-9-28)21(30)26-17-5-3-2-4-16(17)22/h2-7,12-14H,8-11H2,1H3,(H,26,30)(H,23,24,25,27). The second kappa shape index (κ2) is 8.73. The van der Waals surface area contributed by atoms with Gasteiger partial charge in [-0.3, -0.25) is 0 Å². The molecular formula is C21H22FN7O. The van der Waals surface area contributed by atoms with E-state index in [1.807, 2.05) is 25.1 Å². The van der Waals surface area contributed by atoms with E-state index in [4.69, 9.17) is 0 Å². The summed E-state index contributed by atoms with van der Waals surface area (Å²) >= 11 is 0. The maximum Gasteiger partial charge on any atom is 0.322 e. The highest BCUT2D eigenvalue weighted by Gasteiger charge is 2.22. The number of hydrogen-bond donors (Lipinski definition) is 2. The molecule has 2 aromatic heterocycles. The fraction of sp³-hybridized carbons (Fsp3) is 0.238. The van der Waals surface area contributed by atoms with E-state index in [-0.39, 0.29) is 11.7 Å². The van der Waals surface area contributed by atoms with Gasteiger partial charge in [-0.15, -0.1) is 0 Å². The molecule has 9 heteroatoms. The number of nitrogens with zero attached hydrogens (tertiary/aromatic N) is 5. The van der Waals surface area contributed by atoms with Gasteiger partial charge in [0.1, 0.15) is 29.6 Å². The largest absolute Gasteiger partial charge is 0.353 e. The third-order valence-electron chi connectivity index (χ3n) is 4.83. The first-order valence-electron chi connectivity index (χ1n) is 9.65. The van der Waals surface area contributed by atoms with Crippen LogP contribution in [0.25, 0.3) is 0 Å². The Balaban J connectivity index is 1.36. The van der Waals surface area contributed by atoms with Crippen molar-refractivity contribution in [2.75, 3.05) is 41.7 Å². The van der Waals surface area contributed by atoms with Crippen molar-refractivity contribution < 1.29 is 9.18 Å². The number of aromatic nitrogens is 3. The molecule has 2 amide bonds. The molecule has 4 rings (SSSR count). The number of anilines is 4. The number of pyridine rings is 1. The molecule has 3 aromatic rings. The number of aryl methyl sites for hydroxylation is 1. The summed E-state index contributed by atoms with van der Waals surface area (Å²) in [6.45, 7) is 4.24. The van der Waals surface area contributed by atoms with E-state index in [1.165, 1.54) is 12.4 Å². The second-order valence-corrected chi connectivity index (χ2v) is 6.99. The van der Waals surface area contributed by atoms with Crippen molar-refractivity contribution in [3.8, 4) is 0 Å². The van der Waals surface area contributed by atoms with Crippen molar-refractivity contribution in [1.82, 2.24) is 19.9 Å². The summed E-state index contributed by atoms with van der Waals surface area (Å²) in [5.41, 5.74) is 1.28. The lowest BCUT2D eigenvalue weighted by Crippen LogP contribution is -2.50. The Morgan fingerprint density at radius 1 is 1.00 bits per heavy atom. The molecule has 154 valence electrons. The van der Waals surface area contributed by atoms with Crippen LogP contribution in [0.2, 0.25) is 0 Å². The Bertz CT molecular complexity index is 1040. The number of nitrogens with one attached hydrogen (secondary N) is 2. The van der Waals surface area contributed by atoms with Gasteiger partial charge in [0.05, 0.1) is 5.69 Å². The lowest BCUT2D eigenvalue weighted by atomic mass is 10.3. The molecule has 0 atom stereocenters. The molecular weight excluding hydrogens is 385 g/mol. The van der Waals surface area contributed by atoms with E-state index in [0.717, 1.165) is 11.4 Å². The van der Waals surface area contributed by atoms with Crippen LogP contribution < -0.4 is 15.5 Å². The molecule has 0 bridgehead atoms. The zero-order valence-electron chi connectivity index (χ0n) is 16.5. The maximum atomic E-state index is 13.8. The SMILES string of the molecule is Cc1ccnc(Nc2cc(N3CCN(C(=O)Nc4ccccc4F)CC3)ncn2)c1. The Kier molecular flexibility index (Phi) is 5.69. The number of rotatable bonds is 4. The van der Waals surface area contributed by atoms with Crippen LogP contribution >= 0.6 is 0 Å². The van der Waals surface area contributed by atoms with Crippen LogP contribution in [0, 0.1) is 12.7 Å². The highest BCUT2D eigenvalue weighted by molar-refractivity contribution is 5.89. The maximum absolute atomic E-state index is 13.8. The number of hydrogen-bond acceptors (Lipinski definition) is 6. The monoisotopic (exact) mass is 407 g/mol. The zero-order chi connectivity index (χ0) is 20.9. The number of halogens is 1. The van der Waals surface area contributed by atoms with Crippen molar-refractivity contribution >= 4 is 29.2 Å². The summed E-state index contributed by atoms with van der Waals surface area (Å²) in [5.74, 6) is 1.69. The minimum atomic E-state index is -0.450. The van der Waals surface area contributed by atoms with E-state index < -0.39 is 5.82 Å². The van der Waals surface area contributed by atoms with E-state index in [0.29, 0.717) is 37.8 Å². The van der Waals surface area contributed by atoms with Crippen molar-refractivity contribution in [2.45, 2.75) is 6.92 Å². The molecule has 1 aromatic carbocycles. The molecule has 3 heterocycles. The second-order valence-electron chi connectivity index (χ2n) is 6.99. The van der Waals surface area contributed by atoms with Crippen LogP contribution in [0.5, 0.6) is 0 Å². The molecule has 1 fully saturated rings. The van der Waals surface area contributed by atoms with Crippen molar-refractivity contribution in [3.63, 3.8) is 0 Å². The van der Waals surface area contributed by atoms with Crippen LogP contribution in [0.4, 0.5) is 32.3 Å². The number of para-hydroxylation sites is 1. The van der Waals surface area contributed by atoms with E-state index in [2.05, 4.69) is 30.5 Å². The number of benzene rings is 1. The number of piperazine rings is 1. The quantitative estimate of drug-likeness (QED) is 0.689. The minimum Gasteiger partial charge on any atom is -0.353 e. The summed E-state index contributed by atoms with van der Waals surface area (Å²) in [4.78, 5) is 29.1. The summed E-state index contributed by atoms with van der Waals surface area (Å²) in [5, 5.41) is 5.81. The third-order valence-corrected chi connectivity index (χ3v) is 4.83. The van der Waals surface area contributed by atoms with Gasteiger partial charge in [0.2, 0.25) is 0 Å². The van der Waals surface area contributed by atoms with E-state index in [1.54, 1.807) is 29.3 Å². The third kappa shape index (κ3) is 4.62. The van der Waals surface area contributed by atoms with Crippen LogP contribution in [-0.4, -0.2) is 52.1 Å². The van der Waals surface area contributed by atoms with Crippen molar-refractivity contribution in [1.29, 1.82) is 0 Å². The molecule has 0 radical (unpaired) electrons. The zero-order valence-corrected chi connectivity index (χ0v) is 16.5. The number of carbonyl (C=O) groups is 1. The van der Waals surface area contributed by atoms with Gasteiger partial charge in [0.25, 0.3) is 0 Å².